The summed E-state index contributed by atoms with van der Waals surface area (Å²) in [4.78, 5) is 10.9. The van der Waals surface area contributed by atoms with Crippen LogP contribution in [0.4, 0.5) is 13.2 Å². The van der Waals surface area contributed by atoms with Gasteiger partial charge in [-0.2, -0.15) is 13.2 Å². The zero-order chi connectivity index (χ0) is 15.6. The van der Waals surface area contributed by atoms with E-state index in [4.69, 9.17) is 4.74 Å². The van der Waals surface area contributed by atoms with Crippen molar-refractivity contribution in [2.75, 3.05) is 7.11 Å². The fraction of sp³-hybridized carbons (Fsp3) is 0.357. The predicted octanol–water partition coefficient (Wildman–Crippen LogP) is 2.56. The second-order valence-electron chi connectivity index (χ2n) is 4.78. The third-order valence-corrected chi connectivity index (χ3v) is 3.12. The van der Waals surface area contributed by atoms with Crippen molar-refractivity contribution >= 4 is 11.4 Å². The first-order chi connectivity index (χ1) is 9.81. The van der Waals surface area contributed by atoms with E-state index >= 15 is 0 Å². The van der Waals surface area contributed by atoms with E-state index in [0.717, 1.165) is 11.1 Å². The highest BCUT2D eigenvalue weighted by molar-refractivity contribution is 5.82. The number of carbonyl (C=O) groups is 1. The third-order valence-electron chi connectivity index (χ3n) is 3.12. The smallest absolute Gasteiger partial charge is 0.471 e. The average molecular weight is 300 g/mol. The maximum atomic E-state index is 12.2. The summed E-state index contributed by atoms with van der Waals surface area (Å²) >= 11 is 0. The molecule has 21 heavy (non-hydrogen) atoms. The number of nitrogens with one attached hydrogen (secondary N) is 1. The Labute approximate surface area is 119 Å². The van der Waals surface area contributed by atoms with Crippen molar-refractivity contribution in [1.29, 1.82) is 0 Å². The van der Waals surface area contributed by atoms with E-state index in [-0.39, 0.29) is 0 Å². The molecule has 0 bridgehead atoms. The van der Waals surface area contributed by atoms with Gasteiger partial charge in [-0.15, -0.1) is 0 Å². The van der Waals surface area contributed by atoms with Crippen LogP contribution in [0.2, 0.25) is 0 Å². The largest absolute Gasteiger partial charge is 0.497 e. The molecule has 1 unspecified atom stereocenters. The summed E-state index contributed by atoms with van der Waals surface area (Å²) in [6.45, 7) is 1.54. The maximum absolute atomic E-state index is 12.2. The van der Waals surface area contributed by atoms with Crippen LogP contribution < -0.4 is 10.1 Å². The van der Waals surface area contributed by atoms with Crippen molar-refractivity contribution in [2.24, 2.45) is 0 Å². The fourth-order valence-electron chi connectivity index (χ4n) is 2.12. The van der Waals surface area contributed by atoms with Crippen LogP contribution in [0.5, 0.6) is 5.75 Å². The Morgan fingerprint density at radius 1 is 1.38 bits per heavy atom. The number of carbonyl (C=O) groups excluding carboxylic acids is 1. The van der Waals surface area contributed by atoms with Crippen LogP contribution in [0.3, 0.4) is 0 Å². The number of fused-ring (bicyclic) bond motifs is 1. The van der Waals surface area contributed by atoms with Gasteiger partial charge in [-0.05, 0) is 31.0 Å². The SMILES string of the molecule is COc1ccn2ccc(CC(C)NC(=O)C(F)(F)F)c2c1. The normalized spacial score (nSPS) is 13.2. The molecule has 7 heteroatoms. The second kappa shape index (κ2) is 5.67. The van der Waals surface area contributed by atoms with Gasteiger partial charge in [0, 0.05) is 24.5 Å². The van der Waals surface area contributed by atoms with Crippen LogP contribution in [0.25, 0.3) is 5.52 Å². The molecule has 0 aliphatic rings. The van der Waals surface area contributed by atoms with E-state index in [2.05, 4.69) is 0 Å². The van der Waals surface area contributed by atoms with Crippen molar-refractivity contribution in [2.45, 2.75) is 25.6 Å². The van der Waals surface area contributed by atoms with Gasteiger partial charge in [0.25, 0.3) is 0 Å². The first-order valence-electron chi connectivity index (χ1n) is 6.32. The predicted molar refractivity (Wildman–Crippen MR) is 71.3 cm³/mol. The highest BCUT2D eigenvalue weighted by Crippen LogP contribution is 2.21. The number of nitrogens with zero attached hydrogens (tertiary/aromatic N) is 1. The van der Waals surface area contributed by atoms with Crippen molar-refractivity contribution < 1.29 is 22.7 Å². The lowest BCUT2D eigenvalue weighted by Crippen LogP contribution is -2.42. The minimum Gasteiger partial charge on any atom is -0.497 e. The number of ether oxygens (including phenoxy) is 1. The Hall–Kier alpha value is -2.18. The molecule has 2 aromatic rings. The molecule has 0 aliphatic heterocycles. The summed E-state index contributed by atoms with van der Waals surface area (Å²) in [5.74, 6) is -1.26. The molecular weight excluding hydrogens is 285 g/mol. The molecule has 2 aromatic heterocycles. The van der Waals surface area contributed by atoms with Crippen LogP contribution in [0.15, 0.2) is 30.6 Å². The van der Waals surface area contributed by atoms with Gasteiger partial charge in [0.2, 0.25) is 0 Å². The van der Waals surface area contributed by atoms with Crippen LogP contribution >= 0.6 is 0 Å². The number of rotatable bonds is 4. The van der Waals surface area contributed by atoms with E-state index in [1.54, 1.807) is 25.4 Å². The first-order valence-corrected chi connectivity index (χ1v) is 6.32. The number of aromatic nitrogens is 1. The standard InChI is InChI=1S/C14H15F3N2O2/c1-9(18-13(20)14(15,16)17)7-10-3-5-19-6-4-11(21-2)8-12(10)19/h3-6,8-9H,7H2,1-2H3,(H,18,20). The van der Waals surface area contributed by atoms with Gasteiger partial charge in [-0.1, -0.05) is 0 Å². The zero-order valence-electron chi connectivity index (χ0n) is 11.6. The van der Waals surface area contributed by atoms with Crippen LogP contribution in [-0.2, 0) is 11.2 Å². The molecule has 114 valence electrons. The zero-order valence-corrected chi connectivity index (χ0v) is 11.6. The Balaban J connectivity index is 2.14. The summed E-state index contributed by atoms with van der Waals surface area (Å²) in [5.41, 5.74) is 1.67. The van der Waals surface area contributed by atoms with E-state index in [1.807, 2.05) is 22.0 Å². The molecule has 0 radical (unpaired) electrons. The van der Waals surface area contributed by atoms with Gasteiger partial charge in [0.15, 0.2) is 0 Å². The Bertz CT molecular complexity index is 649. The number of methoxy groups -OCH3 is 1. The molecule has 4 nitrogen and oxygen atoms in total. The summed E-state index contributed by atoms with van der Waals surface area (Å²) in [6, 6.07) is 4.76. The van der Waals surface area contributed by atoms with Gasteiger partial charge in [0.1, 0.15) is 5.75 Å². The maximum Gasteiger partial charge on any atom is 0.471 e. The Morgan fingerprint density at radius 3 is 2.67 bits per heavy atom. The fourth-order valence-corrected chi connectivity index (χ4v) is 2.12. The average Bonchev–Trinajstić information content (AvgIpc) is 2.79. The van der Waals surface area contributed by atoms with E-state index in [9.17, 15) is 18.0 Å². The highest BCUT2D eigenvalue weighted by Gasteiger charge is 2.39. The molecule has 1 amide bonds. The summed E-state index contributed by atoms with van der Waals surface area (Å²) in [6.07, 6.45) is -0.954. The molecule has 0 fully saturated rings. The Kier molecular flexibility index (Phi) is 4.11. The highest BCUT2D eigenvalue weighted by atomic mass is 19.4. The number of pyridine rings is 1. The summed E-state index contributed by atoms with van der Waals surface area (Å²) in [7, 11) is 1.54. The number of alkyl halides is 3. The van der Waals surface area contributed by atoms with Gasteiger partial charge >= 0.3 is 12.1 Å². The van der Waals surface area contributed by atoms with Crippen LogP contribution in [-0.4, -0.2) is 29.6 Å². The molecular formula is C14H15F3N2O2. The molecule has 0 saturated heterocycles. The van der Waals surface area contributed by atoms with E-state index < -0.39 is 18.1 Å². The molecule has 1 atom stereocenters. The van der Waals surface area contributed by atoms with Gasteiger partial charge < -0.3 is 14.5 Å². The Morgan fingerprint density at radius 2 is 2.05 bits per heavy atom. The molecule has 2 rings (SSSR count). The van der Waals surface area contributed by atoms with Crippen molar-refractivity contribution in [3.05, 3.63) is 36.2 Å². The molecule has 0 aromatic carbocycles. The lowest BCUT2D eigenvalue weighted by Gasteiger charge is -2.15. The lowest BCUT2D eigenvalue weighted by molar-refractivity contribution is -0.174. The first kappa shape index (κ1) is 15.2. The van der Waals surface area contributed by atoms with Crippen LogP contribution in [0, 0.1) is 0 Å². The lowest BCUT2D eigenvalue weighted by atomic mass is 10.1. The molecule has 0 saturated carbocycles. The quantitative estimate of drug-likeness (QED) is 0.943. The summed E-state index contributed by atoms with van der Waals surface area (Å²) in [5, 5.41) is 1.95. The van der Waals surface area contributed by atoms with Crippen molar-refractivity contribution in [3.8, 4) is 5.75 Å². The van der Waals surface area contributed by atoms with E-state index in [0.29, 0.717) is 12.2 Å². The summed E-state index contributed by atoms with van der Waals surface area (Å²) < 4.78 is 43.6. The van der Waals surface area contributed by atoms with Gasteiger partial charge in [0.05, 0.1) is 12.6 Å². The number of halogens is 3. The van der Waals surface area contributed by atoms with Crippen molar-refractivity contribution in [1.82, 2.24) is 9.72 Å². The molecule has 1 N–H and O–H groups in total. The van der Waals surface area contributed by atoms with Crippen molar-refractivity contribution in [3.63, 3.8) is 0 Å². The number of amides is 1. The van der Waals surface area contributed by atoms with Gasteiger partial charge in [-0.25, -0.2) is 0 Å². The van der Waals surface area contributed by atoms with Crippen LogP contribution in [0.1, 0.15) is 12.5 Å². The molecule has 0 spiro atoms. The topological polar surface area (TPSA) is 42.7 Å². The number of hydrogen-bond acceptors (Lipinski definition) is 2. The molecule has 2 heterocycles. The minimum atomic E-state index is -4.86. The van der Waals surface area contributed by atoms with Gasteiger partial charge in [-0.3, -0.25) is 4.79 Å². The second-order valence-corrected chi connectivity index (χ2v) is 4.78. The third kappa shape index (κ3) is 3.48. The number of hydrogen-bond donors (Lipinski definition) is 1. The molecule has 0 aliphatic carbocycles. The minimum absolute atomic E-state index is 0.297. The monoisotopic (exact) mass is 300 g/mol. The van der Waals surface area contributed by atoms with E-state index in [1.165, 1.54) is 6.92 Å².